The highest BCUT2D eigenvalue weighted by atomic mass is 16.2. The van der Waals surface area contributed by atoms with Gasteiger partial charge in [-0.05, 0) is 44.9 Å². The van der Waals surface area contributed by atoms with Gasteiger partial charge in [0.1, 0.15) is 0 Å². The summed E-state index contributed by atoms with van der Waals surface area (Å²) in [6, 6.07) is 0.370. The molecule has 2 saturated heterocycles. The van der Waals surface area contributed by atoms with E-state index in [4.69, 9.17) is 0 Å². The number of amides is 1. The second-order valence-corrected chi connectivity index (χ2v) is 5.85. The SMILES string of the molecule is CC1CN(C)CCC1NC(=O)C(C)C1CNC1. The molecule has 0 aromatic carbocycles. The van der Waals surface area contributed by atoms with E-state index in [9.17, 15) is 4.79 Å². The van der Waals surface area contributed by atoms with Gasteiger partial charge in [-0.3, -0.25) is 4.79 Å². The van der Waals surface area contributed by atoms with Gasteiger partial charge in [0.15, 0.2) is 0 Å². The molecule has 2 aliphatic heterocycles. The number of nitrogens with one attached hydrogen (secondary N) is 2. The number of nitrogens with zero attached hydrogens (tertiary/aromatic N) is 1. The van der Waals surface area contributed by atoms with E-state index in [-0.39, 0.29) is 11.8 Å². The van der Waals surface area contributed by atoms with E-state index < -0.39 is 0 Å². The van der Waals surface area contributed by atoms with E-state index in [1.165, 1.54) is 0 Å². The van der Waals surface area contributed by atoms with Crippen LogP contribution in [0.5, 0.6) is 0 Å². The van der Waals surface area contributed by atoms with Gasteiger partial charge < -0.3 is 15.5 Å². The third kappa shape index (κ3) is 2.99. The molecule has 0 bridgehead atoms. The summed E-state index contributed by atoms with van der Waals surface area (Å²) in [7, 11) is 2.15. The molecular formula is C13H25N3O. The van der Waals surface area contributed by atoms with Gasteiger partial charge in [0.2, 0.25) is 5.91 Å². The Morgan fingerprint density at radius 1 is 1.47 bits per heavy atom. The monoisotopic (exact) mass is 239 g/mol. The highest BCUT2D eigenvalue weighted by Crippen LogP contribution is 2.19. The summed E-state index contributed by atoms with van der Waals surface area (Å²) in [5.74, 6) is 1.50. The molecule has 1 amide bonds. The van der Waals surface area contributed by atoms with E-state index in [0.29, 0.717) is 17.9 Å². The van der Waals surface area contributed by atoms with E-state index >= 15 is 0 Å². The van der Waals surface area contributed by atoms with Crippen LogP contribution in [0.3, 0.4) is 0 Å². The van der Waals surface area contributed by atoms with E-state index in [0.717, 1.165) is 32.6 Å². The fraction of sp³-hybridized carbons (Fsp3) is 0.923. The van der Waals surface area contributed by atoms with Crippen LogP contribution in [-0.2, 0) is 4.79 Å². The van der Waals surface area contributed by atoms with Crippen LogP contribution in [0.1, 0.15) is 20.3 Å². The maximum Gasteiger partial charge on any atom is 0.223 e. The molecule has 2 N–H and O–H groups in total. The lowest BCUT2D eigenvalue weighted by molar-refractivity contribution is -0.128. The van der Waals surface area contributed by atoms with Crippen molar-refractivity contribution in [3.8, 4) is 0 Å². The van der Waals surface area contributed by atoms with Crippen LogP contribution in [0.25, 0.3) is 0 Å². The van der Waals surface area contributed by atoms with Crippen LogP contribution < -0.4 is 10.6 Å². The number of likely N-dealkylation sites (tertiary alicyclic amines) is 1. The van der Waals surface area contributed by atoms with Crippen molar-refractivity contribution in [2.45, 2.75) is 26.3 Å². The van der Waals surface area contributed by atoms with Crippen LogP contribution >= 0.6 is 0 Å². The van der Waals surface area contributed by atoms with E-state index in [1.807, 2.05) is 0 Å². The maximum absolute atomic E-state index is 12.1. The van der Waals surface area contributed by atoms with E-state index in [1.54, 1.807) is 0 Å². The second-order valence-electron chi connectivity index (χ2n) is 5.85. The van der Waals surface area contributed by atoms with E-state index in [2.05, 4.69) is 36.4 Å². The average Bonchev–Trinajstić information content (AvgIpc) is 2.19. The lowest BCUT2D eigenvalue weighted by Gasteiger charge is -2.37. The molecule has 0 spiro atoms. The van der Waals surface area contributed by atoms with Gasteiger partial charge in [-0.25, -0.2) is 0 Å². The molecule has 0 aromatic heterocycles. The lowest BCUT2D eigenvalue weighted by Crippen LogP contribution is -2.54. The van der Waals surface area contributed by atoms with Crippen LogP contribution in [-0.4, -0.2) is 50.1 Å². The zero-order valence-electron chi connectivity index (χ0n) is 11.2. The largest absolute Gasteiger partial charge is 0.353 e. The molecule has 98 valence electrons. The van der Waals surface area contributed by atoms with Crippen molar-refractivity contribution >= 4 is 5.91 Å². The molecule has 4 heteroatoms. The maximum atomic E-state index is 12.1. The Morgan fingerprint density at radius 3 is 2.71 bits per heavy atom. The summed E-state index contributed by atoms with van der Waals surface area (Å²) in [6.07, 6.45) is 1.08. The summed E-state index contributed by atoms with van der Waals surface area (Å²) in [4.78, 5) is 14.5. The number of hydrogen-bond acceptors (Lipinski definition) is 3. The quantitative estimate of drug-likeness (QED) is 0.744. The van der Waals surface area contributed by atoms with Gasteiger partial charge in [0.25, 0.3) is 0 Å². The molecule has 0 aromatic rings. The van der Waals surface area contributed by atoms with Gasteiger partial charge >= 0.3 is 0 Å². The zero-order chi connectivity index (χ0) is 12.4. The third-order valence-corrected chi connectivity index (χ3v) is 4.37. The number of rotatable bonds is 3. The third-order valence-electron chi connectivity index (χ3n) is 4.37. The van der Waals surface area contributed by atoms with Crippen molar-refractivity contribution in [1.29, 1.82) is 0 Å². The van der Waals surface area contributed by atoms with Gasteiger partial charge in [-0.2, -0.15) is 0 Å². The highest BCUT2D eigenvalue weighted by Gasteiger charge is 2.32. The fourth-order valence-corrected chi connectivity index (χ4v) is 2.76. The molecule has 0 radical (unpaired) electrons. The normalized spacial score (nSPS) is 32.9. The van der Waals surface area contributed by atoms with Crippen molar-refractivity contribution in [2.75, 3.05) is 33.2 Å². The minimum Gasteiger partial charge on any atom is -0.353 e. The lowest BCUT2D eigenvalue weighted by atomic mass is 9.87. The molecule has 0 aliphatic carbocycles. The molecule has 2 rings (SSSR count). The highest BCUT2D eigenvalue weighted by molar-refractivity contribution is 5.79. The molecule has 17 heavy (non-hydrogen) atoms. The van der Waals surface area contributed by atoms with Crippen LogP contribution in [0.2, 0.25) is 0 Å². The van der Waals surface area contributed by atoms with Gasteiger partial charge in [0, 0.05) is 18.5 Å². The molecule has 2 aliphatic rings. The summed E-state index contributed by atoms with van der Waals surface area (Å²) in [6.45, 7) is 8.46. The van der Waals surface area contributed by atoms with Gasteiger partial charge in [-0.15, -0.1) is 0 Å². The molecule has 0 saturated carbocycles. The molecule has 4 nitrogen and oxygen atoms in total. The smallest absolute Gasteiger partial charge is 0.223 e. The first-order valence-electron chi connectivity index (χ1n) is 6.77. The second kappa shape index (κ2) is 5.36. The minimum atomic E-state index is 0.156. The van der Waals surface area contributed by atoms with Crippen molar-refractivity contribution in [3.05, 3.63) is 0 Å². The Labute approximate surface area is 104 Å². The van der Waals surface area contributed by atoms with Crippen molar-refractivity contribution in [2.24, 2.45) is 17.8 Å². The minimum absolute atomic E-state index is 0.156. The van der Waals surface area contributed by atoms with Crippen molar-refractivity contribution in [3.63, 3.8) is 0 Å². The predicted octanol–water partition coefficient (Wildman–Crippen LogP) is 0.298. The average molecular weight is 239 g/mol. The topological polar surface area (TPSA) is 44.4 Å². The van der Waals surface area contributed by atoms with Gasteiger partial charge in [-0.1, -0.05) is 13.8 Å². The summed E-state index contributed by atoms with van der Waals surface area (Å²) < 4.78 is 0. The van der Waals surface area contributed by atoms with Crippen LogP contribution in [0, 0.1) is 17.8 Å². The fourth-order valence-electron chi connectivity index (χ4n) is 2.76. The summed E-state index contributed by atoms with van der Waals surface area (Å²) >= 11 is 0. The number of carbonyl (C=O) groups excluding carboxylic acids is 1. The number of carbonyl (C=O) groups is 1. The number of hydrogen-bond donors (Lipinski definition) is 2. The van der Waals surface area contributed by atoms with Gasteiger partial charge in [0.05, 0.1) is 0 Å². The Morgan fingerprint density at radius 2 is 2.18 bits per heavy atom. The molecule has 2 heterocycles. The Hall–Kier alpha value is -0.610. The van der Waals surface area contributed by atoms with Crippen molar-refractivity contribution < 1.29 is 4.79 Å². The first kappa shape index (κ1) is 12.8. The Kier molecular flexibility index (Phi) is 4.05. The first-order chi connectivity index (χ1) is 8.08. The summed E-state index contributed by atoms with van der Waals surface area (Å²) in [5.41, 5.74) is 0. The molecule has 3 unspecified atom stereocenters. The van der Waals surface area contributed by atoms with Crippen LogP contribution in [0.4, 0.5) is 0 Å². The first-order valence-corrected chi connectivity index (χ1v) is 6.77. The predicted molar refractivity (Wildman–Crippen MR) is 68.7 cm³/mol. The standard InChI is InChI=1S/C13H25N3O/c1-9-8-16(3)5-4-12(9)15-13(17)10(2)11-6-14-7-11/h9-12,14H,4-8H2,1-3H3,(H,15,17). The Bertz CT molecular complexity index is 278. The van der Waals surface area contributed by atoms with Crippen molar-refractivity contribution in [1.82, 2.24) is 15.5 Å². The zero-order valence-corrected chi connectivity index (χ0v) is 11.2. The van der Waals surface area contributed by atoms with Crippen LogP contribution in [0.15, 0.2) is 0 Å². The molecular weight excluding hydrogens is 214 g/mol. The Balaban J connectivity index is 1.81. The summed E-state index contributed by atoms with van der Waals surface area (Å²) in [5, 5.41) is 6.47. The molecule has 2 fully saturated rings. The molecule has 3 atom stereocenters. The number of piperidine rings is 1.